The maximum Gasteiger partial charge on any atom is 0.250 e. The summed E-state index contributed by atoms with van der Waals surface area (Å²) < 4.78 is 0. The summed E-state index contributed by atoms with van der Waals surface area (Å²) in [4.78, 5) is 13.1. The molecule has 0 saturated heterocycles. The van der Waals surface area contributed by atoms with Gasteiger partial charge in [0, 0.05) is 11.9 Å². The Balaban J connectivity index is 2.88. The zero-order valence-corrected chi connectivity index (χ0v) is 5.29. The van der Waals surface area contributed by atoms with Gasteiger partial charge in [0.25, 0.3) is 0 Å². The first-order valence-corrected chi connectivity index (χ1v) is 2.82. The molecule has 0 unspecified atom stereocenters. The summed E-state index contributed by atoms with van der Waals surface area (Å²) in [5.74, 6) is -0.490. The fourth-order valence-electron chi connectivity index (χ4n) is 0.675. The van der Waals surface area contributed by atoms with E-state index in [4.69, 9.17) is 10.8 Å². The molecule has 4 heteroatoms. The van der Waals surface area contributed by atoms with Gasteiger partial charge in [0.05, 0.1) is 12.2 Å². The van der Waals surface area contributed by atoms with Crippen molar-refractivity contribution >= 4 is 5.91 Å². The molecule has 4 nitrogen and oxygen atoms in total. The molecule has 1 aromatic rings. The van der Waals surface area contributed by atoms with E-state index in [0.717, 1.165) is 0 Å². The summed E-state index contributed by atoms with van der Waals surface area (Å²) in [5, 5.41) is 8.55. The number of nitrogens with one attached hydrogen (secondary N) is 1. The van der Waals surface area contributed by atoms with Crippen molar-refractivity contribution in [3.8, 4) is 0 Å². The summed E-state index contributed by atoms with van der Waals surface area (Å²) in [5.41, 5.74) is 5.93. The van der Waals surface area contributed by atoms with E-state index in [9.17, 15) is 4.79 Å². The average Bonchev–Trinajstić information content (AvgIpc) is 2.34. The van der Waals surface area contributed by atoms with Gasteiger partial charge in [-0.2, -0.15) is 0 Å². The summed E-state index contributed by atoms with van der Waals surface area (Å²) in [7, 11) is 0. The predicted molar refractivity (Wildman–Crippen MR) is 35.2 cm³/mol. The molecule has 0 aliphatic carbocycles. The number of aromatic nitrogens is 1. The number of carbonyl (C=O) groups excluding carboxylic acids is 1. The molecule has 0 radical (unpaired) electrons. The quantitative estimate of drug-likeness (QED) is 0.522. The molecule has 0 aliphatic rings. The van der Waals surface area contributed by atoms with Gasteiger partial charge in [-0.3, -0.25) is 4.79 Å². The molecule has 1 aromatic heterocycles. The highest BCUT2D eigenvalue weighted by Crippen LogP contribution is 2.01. The van der Waals surface area contributed by atoms with Crippen molar-refractivity contribution in [2.24, 2.45) is 5.73 Å². The molecule has 10 heavy (non-hydrogen) atoms. The number of aliphatic hydroxyl groups excluding tert-OH is 1. The van der Waals surface area contributed by atoms with Crippen LogP contribution < -0.4 is 5.73 Å². The number of hydrogen-bond donors (Lipinski definition) is 3. The van der Waals surface area contributed by atoms with E-state index in [-0.39, 0.29) is 6.61 Å². The molecule has 1 rings (SSSR count). The number of aromatic amines is 1. The lowest BCUT2D eigenvalue weighted by Gasteiger charge is -1.83. The second-order valence-corrected chi connectivity index (χ2v) is 1.94. The van der Waals surface area contributed by atoms with Gasteiger partial charge < -0.3 is 15.8 Å². The standard InChI is InChI=1S/C6H8N2O2/c7-6(10)4-1-5(3-9)8-2-4/h1-2,8-9H,3H2,(H2,7,10). The smallest absolute Gasteiger partial charge is 0.250 e. The Hall–Kier alpha value is -1.29. The number of rotatable bonds is 2. The second kappa shape index (κ2) is 2.53. The summed E-state index contributed by atoms with van der Waals surface area (Å²) in [6.45, 7) is -0.104. The van der Waals surface area contributed by atoms with Crippen LogP contribution in [0.15, 0.2) is 12.3 Å². The zero-order valence-electron chi connectivity index (χ0n) is 5.29. The summed E-state index contributed by atoms with van der Waals surface area (Å²) in [6.07, 6.45) is 1.47. The molecule has 0 aromatic carbocycles. The Bertz CT molecular complexity index is 242. The van der Waals surface area contributed by atoms with Gasteiger partial charge in [-0.15, -0.1) is 0 Å². The first-order valence-electron chi connectivity index (χ1n) is 2.82. The van der Waals surface area contributed by atoms with Gasteiger partial charge in [0.2, 0.25) is 5.91 Å². The Morgan fingerprint density at radius 2 is 2.50 bits per heavy atom. The molecule has 0 fully saturated rings. The normalized spacial score (nSPS) is 9.70. The van der Waals surface area contributed by atoms with Gasteiger partial charge >= 0.3 is 0 Å². The third-order valence-corrected chi connectivity index (χ3v) is 1.20. The van der Waals surface area contributed by atoms with Crippen molar-refractivity contribution in [3.63, 3.8) is 0 Å². The van der Waals surface area contributed by atoms with E-state index >= 15 is 0 Å². The summed E-state index contributed by atoms with van der Waals surface area (Å²) >= 11 is 0. The number of hydrogen-bond acceptors (Lipinski definition) is 2. The zero-order chi connectivity index (χ0) is 7.56. The van der Waals surface area contributed by atoms with Crippen molar-refractivity contribution in [2.45, 2.75) is 6.61 Å². The highest BCUT2D eigenvalue weighted by atomic mass is 16.3. The Kier molecular flexibility index (Phi) is 1.73. The molecular weight excluding hydrogens is 132 g/mol. The third kappa shape index (κ3) is 1.16. The minimum Gasteiger partial charge on any atom is -0.390 e. The van der Waals surface area contributed by atoms with E-state index in [0.29, 0.717) is 11.3 Å². The van der Waals surface area contributed by atoms with Gasteiger partial charge in [0.1, 0.15) is 0 Å². The molecule has 0 aliphatic heterocycles. The number of primary amides is 1. The largest absolute Gasteiger partial charge is 0.390 e. The molecule has 1 heterocycles. The van der Waals surface area contributed by atoms with Crippen LogP contribution in [-0.2, 0) is 6.61 Å². The van der Waals surface area contributed by atoms with Gasteiger partial charge in [-0.05, 0) is 6.07 Å². The number of carbonyl (C=O) groups is 1. The minimum atomic E-state index is -0.490. The second-order valence-electron chi connectivity index (χ2n) is 1.94. The highest BCUT2D eigenvalue weighted by molar-refractivity contribution is 5.92. The third-order valence-electron chi connectivity index (χ3n) is 1.20. The molecule has 1 amide bonds. The van der Waals surface area contributed by atoms with Crippen LogP contribution in [0.5, 0.6) is 0 Å². The van der Waals surface area contributed by atoms with Crippen LogP contribution in [0.3, 0.4) is 0 Å². The first kappa shape index (κ1) is 6.82. The van der Waals surface area contributed by atoms with E-state index < -0.39 is 5.91 Å². The topological polar surface area (TPSA) is 79.1 Å². The van der Waals surface area contributed by atoms with Gasteiger partial charge in [-0.1, -0.05) is 0 Å². The lowest BCUT2D eigenvalue weighted by atomic mass is 10.3. The van der Waals surface area contributed by atoms with E-state index in [2.05, 4.69) is 4.98 Å². The van der Waals surface area contributed by atoms with E-state index in [1.54, 1.807) is 0 Å². The van der Waals surface area contributed by atoms with Crippen molar-refractivity contribution in [1.29, 1.82) is 0 Å². The van der Waals surface area contributed by atoms with Gasteiger partial charge in [-0.25, -0.2) is 0 Å². The van der Waals surface area contributed by atoms with E-state index in [1.807, 2.05) is 0 Å². The van der Waals surface area contributed by atoms with Crippen molar-refractivity contribution < 1.29 is 9.90 Å². The number of nitrogens with two attached hydrogens (primary N) is 1. The van der Waals surface area contributed by atoms with Crippen LogP contribution in [0.2, 0.25) is 0 Å². The number of amides is 1. The maximum absolute atomic E-state index is 10.5. The number of H-pyrrole nitrogens is 1. The monoisotopic (exact) mass is 140 g/mol. The van der Waals surface area contributed by atoms with Crippen molar-refractivity contribution in [2.75, 3.05) is 0 Å². The summed E-state index contributed by atoms with van der Waals surface area (Å²) in [6, 6.07) is 1.52. The molecule has 0 bridgehead atoms. The number of aliphatic hydroxyl groups is 1. The predicted octanol–water partition coefficient (Wildman–Crippen LogP) is -0.394. The average molecular weight is 140 g/mol. The van der Waals surface area contributed by atoms with E-state index in [1.165, 1.54) is 12.3 Å². The Morgan fingerprint density at radius 3 is 2.80 bits per heavy atom. The lowest BCUT2D eigenvalue weighted by Crippen LogP contribution is -2.09. The molecular formula is C6H8N2O2. The minimum absolute atomic E-state index is 0.104. The first-order chi connectivity index (χ1) is 4.74. The SMILES string of the molecule is NC(=O)c1c[nH]c(CO)c1. The van der Waals surface area contributed by atoms with Crippen LogP contribution in [0.4, 0.5) is 0 Å². The fourth-order valence-corrected chi connectivity index (χ4v) is 0.675. The van der Waals surface area contributed by atoms with Crippen molar-refractivity contribution in [3.05, 3.63) is 23.5 Å². The Labute approximate surface area is 57.7 Å². The highest BCUT2D eigenvalue weighted by Gasteiger charge is 2.01. The Morgan fingerprint density at radius 1 is 1.80 bits per heavy atom. The molecule has 0 atom stereocenters. The molecule has 0 saturated carbocycles. The molecule has 4 N–H and O–H groups in total. The van der Waals surface area contributed by atoms with Crippen LogP contribution in [-0.4, -0.2) is 16.0 Å². The van der Waals surface area contributed by atoms with Gasteiger partial charge in [0.15, 0.2) is 0 Å². The molecule has 0 spiro atoms. The van der Waals surface area contributed by atoms with Crippen LogP contribution in [0, 0.1) is 0 Å². The van der Waals surface area contributed by atoms with Crippen LogP contribution in [0.25, 0.3) is 0 Å². The van der Waals surface area contributed by atoms with Crippen LogP contribution >= 0.6 is 0 Å². The fraction of sp³-hybridized carbons (Fsp3) is 0.167. The molecule has 54 valence electrons. The lowest BCUT2D eigenvalue weighted by molar-refractivity contribution is 0.100. The maximum atomic E-state index is 10.5. The van der Waals surface area contributed by atoms with Crippen molar-refractivity contribution in [1.82, 2.24) is 4.98 Å². The van der Waals surface area contributed by atoms with Crippen LogP contribution in [0.1, 0.15) is 16.1 Å².